The summed E-state index contributed by atoms with van der Waals surface area (Å²) in [7, 11) is -3.82. The van der Waals surface area contributed by atoms with E-state index in [0.29, 0.717) is 17.7 Å². The summed E-state index contributed by atoms with van der Waals surface area (Å²) in [6.07, 6.45) is 2.20. The third-order valence-electron chi connectivity index (χ3n) is 3.69. The first kappa shape index (κ1) is 20.4. The minimum Gasteiger partial charge on any atom is -0.351 e. The predicted molar refractivity (Wildman–Crippen MR) is 102 cm³/mol. The van der Waals surface area contributed by atoms with E-state index in [1.165, 1.54) is 30.0 Å². The van der Waals surface area contributed by atoms with Gasteiger partial charge in [0, 0.05) is 12.1 Å². The van der Waals surface area contributed by atoms with Gasteiger partial charge in [-0.2, -0.15) is 16.5 Å². The van der Waals surface area contributed by atoms with E-state index in [1.54, 1.807) is 36.4 Å². The van der Waals surface area contributed by atoms with Crippen molar-refractivity contribution in [2.24, 2.45) is 0 Å². The quantitative estimate of drug-likeness (QED) is 0.683. The van der Waals surface area contributed by atoms with E-state index < -0.39 is 27.8 Å². The number of rotatable bonds is 9. The topological polar surface area (TPSA) is 75.3 Å². The molecule has 0 bridgehead atoms. The Labute approximate surface area is 157 Å². The van der Waals surface area contributed by atoms with Gasteiger partial charge in [0.2, 0.25) is 15.9 Å². The van der Waals surface area contributed by atoms with Gasteiger partial charge < -0.3 is 5.32 Å². The van der Waals surface area contributed by atoms with E-state index in [2.05, 4.69) is 10.0 Å². The molecule has 2 rings (SSSR count). The van der Waals surface area contributed by atoms with Crippen LogP contribution in [0.1, 0.15) is 12.0 Å². The minimum atomic E-state index is -3.82. The van der Waals surface area contributed by atoms with Crippen LogP contribution in [0.3, 0.4) is 0 Å². The second-order valence-electron chi connectivity index (χ2n) is 5.58. The summed E-state index contributed by atoms with van der Waals surface area (Å²) in [4.78, 5) is 12.6. The van der Waals surface area contributed by atoms with Crippen LogP contribution in [-0.2, 0) is 21.4 Å². The standard InChI is InChI=1S/C18H21FN2O3S2/c1-25-12-11-17(21-26(23,24)15-8-3-2-4-9-15)18(22)20-13-14-7-5-6-10-16(14)19/h2-10,17,21H,11-13H2,1H3,(H,20,22)/t17-/m0/s1. The zero-order valence-corrected chi connectivity index (χ0v) is 15.9. The fraction of sp³-hybridized carbons (Fsp3) is 0.278. The molecular weight excluding hydrogens is 375 g/mol. The highest BCUT2D eigenvalue weighted by atomic mass is 32.2. The van der Waals surface area contributed by atoms with Crippen molar-refractivity contribution in [3.05, 3.63) is 66.0 Å². The fourth-order valence-electron chi connectivity index (χ4n) is 2.28. The summed E-state index contributed by atoms with van der Waals surface area (Å²) in [6, 6.07) is 13.1. The molecule has 0 radical (unpaired) electrons. The van der Waals surface area contributed by atoms with Crippen molar-refractivity contribution < 1.29 is 17.6 Å². The molecule has 5 nitrogen and oxygen atoms in total. The van der Waals surface area contributed by atoms with Crippen LogP contribution in [0.2, 0.25) is 0 Å². The van der Waals surface area contributed by atoms with Crippen LogP contribution in [0.25, 0.3) is 0 Å². The lowest BCUT2D eigenvalue weighted by atomic mass is 10.2. The highest BCUT2D eigenvalue weighted by Crippen LogP contribution is 2.11. The number of hydrogen-bond donors (Lipinski definition) is 2. The molecule has 0 saturated heterocycles. The summed E-state index contributed by atoms with van der Waals surface area (Å²) < 4.78 is 41.1. The maximum absolute atomic E-state index is 13.7. The van der Waals surface area contributed by atoms with E-state index in [1.807, 2.05) is 6.26 Å². The first-order chi connectivity index (χ1) is 12.4. The number of thioether (sulfide) groups is 1. The van der Waals surface area contributed by atoms with E-state index >= 15 is 0 Å². The third kappa shape index (κ3) is 5.82. The molecular formula is C18H21FN2O3S2. The number of carbonyl (C=O) groups is 1. The van der Waals surface area contributed by atoms with Gasteiger partial charge in [0.1, 0.15) is 11.9 Å². The van der Waals surface area contributed by atoms with E-state index in [9.17, 15) is 17.6 Å². The van der Waals surface area contributed by atoms with Gasteiger partial charge in [-0.3, -0.25) is 4.79 Å². The number of benzene rings is 2. The number of carbonyl (C=O) groups excluding carboxylic acids is 1. The lowest BCUT2D eigenvalue weighted by Crippen LogP contribution is -2.46. The highest BCUT2D eigenvalue weighted by molar-refractivity contribution is 7.98. The molecule has 2 aromatic carbocycles. The number of nitrogens with one attached hydrogen (secondary N) is 2. The van der Waals surface area contributed by atoms with Crippen molar-refractivity contribution in [2.45, 2.75) is 23.9 Å². The minimum absolute atomic E-state index is 0.00562. The summed E-state index contributed by atoms with van der Waals surface area (Å²) in [6.45, 7) is -0.00562. The monoisotopic (exact) mass is 396 g/mol. The summed E-state index contributed by atoms with van der Waals surface area (Å²) in [5.74, 6) is -0.296. The Morgan fingerprint density at radius 2 is 1.77 bits per heavy atom. The Morgan fingerprint density at radius 1 is 1.12 bits per heavy atom. The number of amides is 1. The van der Waals surface area contributed by atoms with Crippen molar-refractivity contribution in [3.8, 4) is 0 Å². The van der Waals surface area contributed by atoms with Gasteiger partial charge in [0.25, 0.3) is 0 Å². The Bertz CT molecular complexity index is 829. The van der Waals surface area contributed by atoms with Crippen LogP contribution < -0.4 is 10.0 Å². The first-order valence-corrected chi connectivity index (χ1v) is 10.9. The zero-order chi connectivity index (χ0) is 19.0. The maximum Gasteiger partial charge on any atom is 0.241 e. The highest BCUT2D eigenvalue weighted by Gasteiger charge is 2.25. The molecule has 0 spiro atoms. The van der Waals surface area contributed by atoms with Crippen LogP contribution >= 0.6 is 11.8 Å². The largest absolute Gasteiger partial charge is 0.351 e. The molecule has 140 valence electrons. The molecule has 26 heavy (non-hydrogen) atoms. The number of sulfonamides is 1. The van der Waals surface area contributed by atoms with Crippen LogP contribution in [0, 0.1) is 5.82 Å². The maximum atomic E-state index is 13.7. The van der Waals surface area contributed by atoms with Crippen molar-refractivity contribution in [3.63, 3.8) is 0 Å². The molecule has 0 aliphatic rings. The lowest BCUT2D eigenvalue weighted by Gasteiger charge is -2.18. The second-order valence-corrected chi connectivity index (χ2v) is 8.28. The lowest BCUT2D eigenvalue weighted by molar-refractivity contribution is -0.122. The van der Waals surface area contributed by atoms with E-state index in [4.69, 9.17) is 0 Å². The van der Waals surface area contributed by atoms with Crippen LogP contribution in [0.15, 0.2) is 59.5 Å². The molecule has 1 amide bonds. The third-order valence-corrected chi connectivity index (χ3v) is 5.82. The average Bonchev–Trinajstić information content (AvgIpc) is 2.65. The van der Waals surface area contributed by atoms with Crippen LogP contribution in [-0.4, -0.2) is 32.4 Å². The molecule has 0 fully saturated rings. The molecule has 0 saturated carbocycles. The Morgan fingerprint density at radius 3 is 2.42 bits per heavy atom. The molecule has 0 aliphatic heterocycles. The zero-order valence-electron chi connectivity index (χ0n) is 14.3. The molecule has 2 aromatic rings. The van der Waals surface area contributed by atoms with Gasteiger partial charge in [-0.25, -0.2) is 12.8 Å². The summed E-state index contributed by atoms with van der Waals surface area (Å²) in [5.41, 5.74) is 0.343. The van der Waals surface area contributed by atoms with Gasteiger partial charge in [0.15, 0.2) is 0 Å². The SMILES string of the molecule is CSCC[C@H](NS(=O)(=O)c1ccccc1)C(=O)NCc1ccccc1F. The molecule has 0 unspecified atom stereocenters. The summed E-state index contributed by atoms with van der Waals surface area (Å²) in [5, 5.41) is 2.61. The molecule has 0 heterocycles. The second kappa shape index (κ2) is 9.70. The molecule has 0 aliphatic carbocycles. The van der Waals surface area contributed by atoms with Gasteiger partial charge >= 0.3 is 0 Å². The number of halogens is 1. The van der Waals surface area contributed by atoms with E-state index in [0.717, 1.165) is 0 Å². The Balaban J connectivity index is 2.08. The average molecular weight is 397 g/mol. The molecule has 0 aromatic heterocycles. The van der Waals surface area contributed by atoms with Crippen molar-refractivity contribution >= 4 is 27.7 Å². The molecule has 2 N–H and O–H groups in total. The van der Waals surface area contributed by atoms with Crippen molar-refractivity contribution in [2.75, 3.05) is 12.0 Å². The van der Waals surface area contributed by atoms with Gasteiger partial charge in [-0.05, 0) is 36.6 Å². The van der Waals surface area contributed by atoms with Crippen molar-refractivity contribution in [1.82, 2.24) is 10.0 Å². The Hall–Kier alpha value is -1.90. The van der Waals surface area contributed by atoms with Gasteiger partial charge in [-0.1, -0.05) is 36.4 Å². The van der Waals surface area contributed by atoms with Crippen LogP contribution in [0.5, 0.6) is 0 Å². The number of hydrogen-bond acceptors (Lipinski definition) is 4. The van der Waals surface area contributed by atoms with Crippen LogP contribution in [0.4, 0.5) is 4.39 Å². The first-order valence-electron chi connectivity index (χ1n) is 8.01. The van der Waals surface area contributed by atoms with Crippen molar-refractivity contribution in [1.29, 1.82) is 0 Å². The molecule has 8 heteroatoms. The smallest absolute Gasteiger partial charge is 0.241 e. The predicted octanol–water partition coefficient (Wildman–Crippen LogP) is 2.54. The molecule has 1 atom stereocenters. The fourth-order valence-corrected chi connectivity index (χ4v) is 4.00. The summed E-state index contributed by atoms with van der Waals surface area (Å²) >= 11 is 1.51. The van der Waals surface area contributed by atoms with Gasteiger partial charge in [-0.15, -0.1) is 0 Å². The van der Waals surface area contributed by atoms with Gasteiger partial charge in [0.05, 0.1) is 4.90 Å². The normalized spacial score (nSPS) is 12.5. The van der Waals surface area contributed by atoms with E-state index in [-0.39, 0.29) is 11.4 Å². The Kier molecular flexibility index (Phi) is 7.62.